The van der Waals surface area contributed by atoms with Crippen molar-refractivity contribution in [3.05, 3.63) is 16.6 Å². The summed E-state index contributed by atoms with van der Waals surface area (Å²) in [5, 5.41) is 6.83. The number of thiazole rings is 1. The number of nitrogens with zero attached hydrogens (tertiary/aromatic N) is 2. The third-order valence-corrected chi connectivity index (χ3v) is 4.78. The first-order chi connectivity index (χ1) is 10.9. The zero-order valence-electron chi connectivity index (χ0n) is 14.7. The van der Waals surface area contributed by atoms with Gasteiger partial charge in [0.05, 0.1) is 5.01 Å². The first kappa shape index (κ1) is 18.2. The summed E-state index contributed by atoms with van der Waals surface area (Å²) in [7, 11) is 0. The highest BCUT2D eigenvalue weighted by Gasteiger charge is 2.34. The smallest absolute Gasteiger partial charge is 0.410 e. The molecule has 0 aliphatic carbocycles. The lowest BCUT2D eigenvalue weighted by Gasteiger charge is -2.26. The molecule has 1 aliphatic heterocycles. The molecule has 2 unspecified atom stereocenters. The highest BCUT2D eigenvalue weighted by molar-refractivity contribution is 7.09. The third-order valence-electron chi connectivity index (χ3n) is 3.98. The number of likely N-dealkylation sites (tertiary alicyclic amines) is 1. The number of amides is 1. The summed E-state index contributed by atoms with van der Waals surface area (Å²) in [6, 6.07) is 0.369. The van der Waals surface area contributed by atoms with E-state index in [-0.39, 0.29) is 6.09 Å². The van der Waals surface area contributed by atoms with Gasteiger partial charge >= 0.3 is 6.09 Å². The van der Waals surface area contributed by atoms with Crippen molar-refractivity contribution in [3.63, 3.8) is 0 Å². The Hall–Kier alpha value is -1.14. The van der Waals surface area contributed by atoms with Crippen molar-refractivity contribution < 1.29 is 9.53 Å². The van der Waals surface area contributed by atoms with E-state index in [1.54, 1.807) is 11.3 Å². The minimum atomic E-state index is -0.435. The Balaban J connectivity index is 1.93. The molecule has 6 heteroatoms. The van der Waals surface area contributed by atoms with Gasteiger partial charge in [-0.15, -0.1) is 11.3 Å². The largest absolute Gasteiger partial charge is 0.444 e. The third kappa shape index (κ3) is 5.77. The highest BCUT2D eigenvalue weighted by Crippen LogP contribution is 2.24. The molecule has 0 radical (unpaired) electrons. The zero-order chi connectivity index (χ0) is 16.9. The van der Waals surface area contributed by atoms with Crippen LogP contribution >= 0.6 is 11.3 Å². The molecular formula is C17H29N3O2S. The number of aromatic nitrogens is 1. The zero-order valence-corrected chi connectivity index (χ0v) is 15.5. The molecule has 2 heterocycles. The van der Waals surface area contributed by atoms with Crippen LogP contribution in [-0.2, 0) is 11.2 Å². The fourth-order valence-corrected chi connectivity index (χ4v) is 3.56. The number of carbonyl (C=O) groups excluding carboxylic acids is 1. The maximum Gasteiger partial charge on any atom is 0.410 e. The summed E-state index contributed by atoms with van der Waals surface area (Å²) < 4.78 is 5.49. The van der Waals surface area contributed by atoms with E-state index in [1.165, 1.54) is 0 Å². The molecule has 1 aliphatic rings. The molecule has 130 valence electrons. The van der Waals surface area contributed by atoms with E-state index in [0.29, 0.717) is 12.0 Å². The molecule has 1 saturated heterocycles. The number of hydrogen-bond acceptors (Lipinski definition) is 5. The Labute approximate surface area is 143 Å². The van der Waals surface area contributed by atoms with E-state index >= 15 is 0 Å². The molecule has 1 fully saturated rings. The number of hydrogen-bond donors (Lipinski definition) is 1. The van der Waals surface area contributed by atoms with Crippen LogP contribution in [0.15, 0.2) is 11.6 Å². The van der Waals surface area contributed by atoms with Crippen LogP contribution in [0.2, 0.25) is 0 Å². The lowest BCUT2D eigenvalue weighted by molar-refractivity contribution is 0.0285. The second-order valence-corrected chi connectivity index (χ2v) is 8.14. The summed E-state index contributed by atoms with van der Waals surface area (Å²) >= 11 is 1.70. The van der Waals surface area contributed by atoms with Crippen molar-refractivity contribution >= 4 is 17.4 Å². The van der Waals surface area contributed by atoms with Crippen LogP contribution in [-0.4, -0.2) is 47.3 Å². The predicted molar refractivity (Wildman–Crippen MR) is 93.8 cm³/mol. The number of rotatable bonds is 6. The first-order valence-electron chi connectivity index (χ1n) is 8.48. The Morgan fingerprint density at radius 1 is 1.57 bits per heavy atom. The summed E-state index contributed by atoms with van der Waals surface area (Å²) in [6.07, 6.45) is 4.73. The molecule has 1 aromatic heterocycles. The monoisotopic (exact) mass is 339 g/mol. The van der Waals surface area contributed by atoms with Crippen molar-refractivity contribution in [1.29, 1.82) is 0 Å². The average molecular weight is 340 g/mol. The van der Waals surface area contributed by atoms with Gasteiger partial charge in [-0.1, -0.05) is 6.92 Å². The van der Waals surface area contributed by atoms with Gasteiger partial charge in [-0.2, -0.15) is 0 Å². The van der Waals surface area contributed by atoms with Gasteiger partial charge in [-0.3, -0.25) is 0 Å². The highest BCUT2D eigenvalue weighted by atomic mass is 32.1. The standard InChI is InChI=1S/C17H29N3O2S/c1-5-7-18-14(11-15-19-8-10-23-15)13-6-9-20(12-13)16(21)22-17(2,3)4/h8,10,13-14,18H,5-7,9,11-12H2,1-4H3. The molecule has 0 spiro atoms. The van der Waals surface area contributed by atoms with Gasteiger partial charge in [0.15, 0.2) is 0 Å². The summed E-state index contributed by atoms with van der Waals surface area (Å²) in [4.78, 5) is 18.5. The summed E-state index contributed by atoms with van der Waals surface area (Å²) in [6.45, 7) is 10.4. The number of ether oxygens (including phenoxy) is 1. The normalized spacial score (nSPS) is 19.8. The summed E-state index contributed by atoms with van der Waals surface area (Å²) in [5.74, 6) is 0.456. The van der Waals surface area contributed by atoms with Gasteiger partial charge in [-0.05, 0) is 46.1 Å². The van der Waals surface area contributed by atoms with E-state index in [0.717, 1.165) is 43.9 Å². The van der Waals surface area contributed by atoms with Crippen LogP contribution in [0.4, 0.5) is 4.79 Å². The minimum Gasteiger partial charge on any atom is -0.444 e. The van der Waals surface area contributed by atoms with Gasteiger partial charge in [0.25, 0.3) is 0 Å². The minimum absolute atomic E-state index is 0.191. The van der Waals surface area contributed by atoms with Gasteiger partial charge in [0.2, 0.25) is 0 Å². The molecule has 1 N–H and O–H groups in total. The summed E-state index contributed by atoms with van der Waals surface area (Å²) in [5.41, 5.74) is -0.435. The molecule has 0 aromatic carbocycles. The number of carbonyl (C=O) groups is 1. The quantitative estimate of drug-likeness (QED) is 0.864. The Bertz CT molecular complexity index is 485. The van der Waals surface area contributed by atoms with Gasteiger partial charge < -0.3 is 15.0 Å². The maximum absolute atomic E-state index is 12.2. The first-order valence-corrected chi connectivity index (χ1v) is 9.36. The fourth-order valence-electron chi connectivity index (χ4n) is 2.89. The molecule has 5 nitrogen and oxygen atoms in total. The van der Waals surface area contributed by atoms with Crippen molar-refractivity contribution in [1.82, 2.24) is 15.2 Å². The molecule has 2 rings (SSSR count). The van der Waals surface area contributed by atoms with Crippen LogP contribution in [0.25, 0.3) is 0 Å². The van der Waals surface area contributed by atoms with Gasteiger partial charge in [0, 0.05) is 37.1 Å². The molecule has 0 saturated carbocycles. The van der Waals surface area contributed by atoms with Crippen LogP contribution in [0.3, 0.4) is 0 Å². The van der Waals surface area contributed by atoms with E-state index in [9.17, 15) is 4.79 Å². The van der Waals surface area contributed by atoms with Crippen molar-refractivity contribution in [3.8, 4) is 0 Å². The van der Waals surface area contributed by atoms with Crippen LogP contribution in [0.5, 0.6) is 0 Å². The maximum atomic E-state index is 12.2. The molecule has 23 heavy (non-hydrogen) atoms. The molecule has 1 amide bonds. The van der Waals surface area contributed by atoms with Crippen LogP contribution in [0, 0.1) is 5.92 Å². The fraction of sp³-hybridized carbons (Fsp3) is 0.765. The Morgan fingerprint density at radius 3 is 2.96 bits per heavy atom. The number of nitrogens with one attached hydrogen (secondary N) is 1. The molecule has 0 bridgehead atoms. The van der Waals surface area contributed by atoms with E-state index in [1.807, 2.05) is 37.2 Å². The Kier molecular flexibility index (Phi) is 6.41. The topological polar surface area (TPSA) is 54.5 Å². The van der Waals surface area contributed by atoms with Gasteiger partial charge in [-0.25, -0.2) is 9.78 Å². The molecular weight excluding hydrogens is 310 g/mol. The lowest BCUT2D eigenvalue weighted by Crippen LogP contribution is -2.41. The average Bonchev–Trinajstić information content (AvgIpc) is 3.12. The van der Waals surface area contributed by atoms with Crippen LogP contribution < -0.4 is 5.32 Å². The van der Waals surface area contributed by atoms with E-state index in [4.69, 9.17) is 4.74 Å². The second kappa shape index (κ2) is 8.11. The van der Waals surface area contributed by atoms with Crippen molar-refractivity contribution in [2.75, 3.05) is 19.6 Å². The van der Waals surface area contributed by atoms with Crippen molar-refractivity contribution in [2.45, 2.75) is 58.6 Å². The Morgan fingerprint density at radius 2 is 2.35 bits per heavy atom. The van der Waals surface area contributed by atoms with Crippen LogP contribution in [0.1, 0.15) is 45.5 Å². The predicted octanol–water partition coefficient (Wildman–Crippen LogP) is 3.31. The SMILES string of the molecule is CCCNC(Cc1nccs1)C1CCN(C(=O)OC(C)(C)C)C1. The lowest BCUT2D eigenvalue weighted by atomic mass is 9.96. The van der Waals surface area contributed by atoms with E-state index in [2.05, 4.69) is 17.2 Å². The van der Waals surface area contributed by atoms with Gasteiger partial charge in [0.1, 0.15) is 5.60 Å². The molecule has 2 atom stereocenters. The molecule has 1 aromatic rings. The second-order valence-electron chi connectivity index (χ2n) is 7.17. The van der Waals surface area contributed by atoms with Crippen molar-refractivity contribution in [2.24, 2.45) is 5.92 Å². The van der Waals surface area contributed by atoms with E-state index < -0.39 is 5.60 Å².